The van der Waals surface area contributed by atoms with Gasteiger partial charge in [-0.25, -0.2) is 0 Å². The number of carbonyl (C=O) groups is 10. The number of fused-ring (bicyclic) bond motifs is 2. The predicted molar refractivity (Wildman–Crippen MR) is 425 cm³/mol. The van der Waals surface area contributed by atoms with E-state index in [-0.39, 0.29) is 99.9 Å². The van der Waals surface area contributed by atoms with Gasteiger partial charge in [0.15, 0.2) is 0 Å². The zero-order valence-corrected chi connectivity index (χ0v) is 66.4. The fourth-order valence-corrected chi connectivity index (χ4v) is 17.1. The van der Waals surface area contributed by atoms with Gasteiger partial charge in [-0.05, 0) is 149 Å². The molecule has 1 saturated heterocycles. The van der Waals surface area contributed by atoms with Crippen molar-refractivity contribution in [3.05, 3.63) is 72.1 Å². The summed E-state index contributed by atoms with van der Waals surface area (Å²) in [5.74, 6) is -5.19. The zero-order valence-electron chi connectivity index (χ0n) is 61.5. The Kier molecular flexibility index (Phi) is 38.3. The third-order valence-corrected chi connectivity index (χ3v) is 22.8. The quantitative estimate of drug-likeness (QED) is 0.0160. The van der Waals surface area contributed by atoms with E-state index in [4.69, 9.17) is 24.4 Å². The Balaban J connectivity index is 1.59. The largest absolute Gasteiger partial charge is 0.361 e. The molecule has 12 N–H and O–H groups in total. The molecule has 564 valence electrons. The van der Waals surface area contributed by atoms with Crippen LogP contribution in [0.4, 0.5) is 0 Å². The Morgan fingerprint density at radius 2 is 0.686 bits per heavy atom. The normalized spacial score (nSPS) is 20.9. The number of unbranched alkanes of at least 4 members (excludes halogenated alkanes) is 4. The Labute approximate surface area is 631 Å². The van der Waals surface area contributed by atoms with Gasteiger partial charge in [0.1, 0.15) is 55.4 Å². The Morgan fingerprint density at radius 1 is 0.402 bits per heavy atom. The molecule has 0 radical (unpaired) electrons. The summed E-state index contributed by atoms with van der Waals surface area (Å²) in [5.41, 5.74) is 2.89. The average Bonchev–Trinajstić information content (AvgIpc) is 1.63. The molecule has 2 unspecified atom stereocenters. The van der Waals surface area contributed by atoms with E-state index >= 15 is 38.4 Å². The summed E-state index contributed by atoms with van der Waals surface area (Å²) in [4.78, 5) is 154. The molecule has 22 nitrogen and oxygen atoms in total. The molecule has 10 atom stereocenters. The van der Waals surface area contributed by atoms with E-state index in [0.717, 1.165) is 59.0 Å². The van der Waals surface area contributed by atoms with E-state index in [1.54, 1.807) is 49.8 Å². The molecule has 5 rings (SSSR count). The second-order valence-corrected chi connectivity index (χ2v) is 35.4. The number of H-pyrrole nitrogens is 2. The second kappa shape index (κ2) is 45.2. The maximum atomic E-state index is 15.2. The van der Waals surface area contributed by atoms with Gasteiger partial charge < -0.3 is 63.1 Å². The number of benzene rings is 2. The highest BCUT2D eigenvalue weighted by Crippen LogP contribution is 2.26. The standard InChI is InChI=1S/C74H112N12O10S6/c1-13-15-33-99-73(97)101-47(11)63(87)75-31-23-21-29-55-65(89)81-59(37-45(7)8)69(93)85-62(40-50-42-78-54-28-20-18-26-52(50)54)72(96)84-58(36-44(5)6)68(92)80-56(30-22-24-32-76-64(88)48(12)102-74(98)100-34-16-14-2)66(90)82-60(38-46(9)10)70(94)86-61(39-49-41-77-53-27-19-17-25-51(49)53)71(95)83-57(35-43(3)4)67(91)79-55/h17-20,25-28,41-48,55-62,77-78H,13-16,21-24,29-40H2,1-12H3,(H,75,87)(H,76,88)(H,79,91)(H,80,92)(H,81,89)(H,82,90)(H,83,95)(H,84,96)(H,85,93)(H,86,94)/t47?,48?,55-,56-,57+,58+,59+,60+,61-,62-/m0/s1. The number of rotatable bonds is 32. The third kappa shape index (κ3) is 30.1. The molecule has 2 aromatic carbocycles. The number of hydrogen-bond acceptors (Lipinski definition) is 16. The number of carbonyl (C=O) groups excluding carboxylic acids is 10. The summed E-state index contributed by atoms with van der Waals surface area (Å²) in [7, 11) is 0. The van der Waals surface area contributed by atoms with Crippen molar-refractivity contribution in [2.24, 2.45) is 23.7 Å². The van der Waals surface area contributed by atoms with Gasteiger partial charge in [-0.15, -0.1) is 23.5 Å². The summed E-state index contributed by atoms with van der Waals surface area (Å²) >= 11 is 16.8. The van der Waals surface area contributed by atoms with Crippen molar-refractivity contribution in [2.75, 3.05) is 24.6 Å². The summed E-state index contributed by atoms with van der Waals surface area (Å²) in [5, 5.41) is 30.1. The highest BCUT2D eigenvalue weighted by Gasteiger charge is 2.38. The number of aromatic amines is 2. The van der Waals surface area contributed by atoms with E-state index in [2.05, 4.69) is 77.0 Å². The molecule has 0 saturated carbocycles. The van der Waals surface area contributed by atoms with Gasteiger partial charge in [0.25, 0.3) is 0 Å². The minimum Gasteiger partial charge on any atom is -0.361 e. The molecule has 10 amide bonds. The lowest BCUT2D eigenvalue weighted by Crippen LogP contribution is -2.62. The lowest BCUT2D eigenvalue weighted by molar-refractivity contribution is -0.137. The number of thioether (sulfide) groups is 4. The van der Waals surface area contributed by atoms with E-state index in [1.165, 1.54) is 23.5 Å². The number of para-hydroxylation sites is 2. The van der Waals surface area contributed by atoms with Gasteiger partial charge in [0, 0.05) is 60.1 Å². The van der Waals surface area contributed by atoms with E-state index in [0.29, 0.717) is 43.9 Å². The minimum atomic E-state index is -1.35. The molecule has 0 bridgehead atoms. The van der Waals surface area contributed by atoms with Crippen molar-refractivity contribution in [1.82, 2.24) is 63.1 Å². The molecule has 3 heterocycles. The lowest BCUT2D eigenvalue weighted by atomic mass is 9.98. The highest BCUT2D eigenvalue weighted by atomic mass is 32.2. The van der Waals surface area contributed by atoms with Gasteiger partial charge in [0.2, 0.25) is 59.1 Å². The maximum Gasteiger partial charge on any atom is 0.243 e. The van der Waals surface area contributed by atoms with Gasteiger partial charge in [-0.1, -0.05) is 166 Å². The van der Waals surface area contributed by atoms with Crippen LogP contribution in [0.5, 0.6) is 0 Å². The molecule has 4 aromatic rings. The van der Waals surface area contributed by atoms with E-state index < -0.39 is 106 Å². The Bertz CT molecular complexity index is 3200. The number of hydrogen-bond donors (Lipinski definition) is 12. The van der Waals surface area contributed by atoms with E-state index in [1.807, 2.05) is 104 Å². The van der Waals surface area contributed by atoms with Crippen molar-refractivity contribution < 1.29 is 47.9 Å². The summed E-state index contributed by atoms with van der Waals surface area (Å²) in [6.45, 7) is 23.3. The van der Waals surface area contributed by atoms with E-state index in [9.17, 15) is 9.59 Å². The second-order valence-electron chi connectivity index (χ2n) is 28.1. The first-order valence-electron chi connectivity index (χ1n) is 36.3. The Morgan fingerprint density at radius 3 is 1.00 bits per heavy atom. The van der Waals surface area contributed by atoms with Crippen LogP contribution in [0.3, 0.4) is 0 Å². The van der Waals surface area contributed by atoms with Crippen LogP contribution in [-0.2, 0) is 60.8 Å². The highest BCUT2D eigenvalue weighted by molar-refractivity contribution is 8.48. The van der Waals surface area contributed by atoms with Crippen LogP contribution in [0.25, 0.3) is 21.8 Å². The van der Waals surface area contributed by atoms with Gasteiger partial charge in [-0.2, -0.15) is 0 Å². The number of nitrogens with one attached hydrogen (secondary N) is 12. The topological polar surface area (TPSA) is 323 Å². The monoisotopic (exact) mass is 1520 g/mol. The van der Waals surface area contributed by atoms with Crippen LogP contribution in [0.15, 0.2) is 60.9 Å². The van der Waals surface area contributed by atoms with Gasteiger partial charge >= 0.3 is 0 Å². The zero-order chi connectivity index (χ0) is 75.0. The van der Waals surface area contributed by atoms with Gasteiger partial charge in [-0.3, -0.25) is 47.9 Å². The molecule has 0 aliphatic carbocycles. The van der Waals surface area contributed by atoms with Crippen LogP contribution in [0, 0.1) is 23.7 Å². The lowest BCUT2D eigenvalue weighted by Gasteiger charge is -2.30. The molecular weight excluding hydrogens is 1410 g/mol. The number of thiocarbonyl (C=S) groups is 2. The summed E-state index contributed by atoms with van der Waals surface area (Å²) < 4.78 is 1.37. The SMILES string of the molecule is CCCCSC(=S)SC(C)C(=O)NCCCC[C@@H]1NC(=O)[C@@H](CC(C)C)NC(=O)[C@H](Cc2c[nH]c3ccccc23)NC(=O)[C@@H](CC(C)C)NC(=O)[C@H](CCCCNC(=O)C(C)SC(=S)SCCCC)NC(=O)[C@@H](CC(C)C)NC(=O)[C@H](Cc2c[nH]c3ccccc23)NC(=O)[C@@H](CC(C)C)NC1=O. The average molecular weight is 1520 g/mol. The fourth-order valence-electron chi connectivity index (χ4n) is 11.7. The van der Waals surface area contributed by atoms with Crippen LogP contribution < -0.4 is 53.2 Å². The first-order chi connectivity index (χ1) is 48.6. The van der Waals surface area contributed by atoms with Gasteiger partial charge in [0.05, 0.1) is 10.5 Å². The first kappa shape index (κ1) is 86.4. The molecule has 28 heteroatoms. The van der Waals surface area contributed by atoms with Crippen LogP contribution in [0.1, 0.15) is 184 Å². The molecule has 1 aliphatic heterocycles. The van der Waals surface area contributed by atoms with Crippen LogP contribution in [-0.4, -0.2) is 160 Å². The number of aromatic nitrogens is 2. The summed E-state index contributed by atoms with van der Waals surface area (Å²) in [6.07, 6.45) is 9.30. The minimum absolute atomic E-state index is 0.0355. The Hall–Kier alpha value is -6.20. The molecular formula is C74H112N12O10S6. The van der Waals surface area contributed by atoms with Crippen molar-refractivity contribution >= 4 is 159 Å². The third-order valence-electron chi connectivity index (χ3n) is 17.2. The summed E-state index contributed by atoms with van der Waals surface area (Å²) in [6, 6.07) is 4.56. The molecule has 2 aromatic heterocycles. The van der Waals surface area contributed by atoms with Crippen molar-refractivity contribution in [3.63, 3.8) is 0 Å². The van der Waals surface area contributed by atoms with Crippen molar-refractivity contribution in [3.8, 4) is 0 Å². The van der Waals surface area contributed by atoms with Crippen molar-refractivity contribution in [1.29, 1.82) is 0 Å². The molecule has 1 fully saturated rings. The first-order valence-corrected chi connectivity index (χ1v) is 40.9. The van der Waals surface area contributed by atoms with Crippen LogP contribution >= 0.6 is 71.5 Å². The number of amides is 10. The maximum absolute atomic E-state index is 15.2. The predicted octanol–water partition coefficient (Wildman–Crippen LogP) is 9.96. The van der Waals surface area contributed by atoms with Crippen LogP contribution in [0.2, 0.25) is 0 Å². The molecule has 1 aliphatic rings. The fraction of sp³-hybridized carbons (Fsp3) is 0.622. The smallest absolute Gasteiger partial charge is 0.243 e. The van der Waals surface area contributed by atoms with Crippen molar-refractivity contribution in [2.45, 2.75) is 245 Å². The molecule has 0 spiro atoms. The molecule has 102 heavy (non-hydrogen) atoms.